The molecule has 0 aromatic carbocycles. The van der Waals surface area contributed by atoms with E-state index in [-0.39, 0.29) is 29.8 Å². The molecule has 1 aliphatic heterocycles. The smallest absolute Gasteiger partial charge is 0.345 e. The number of carbonyl (C=O) groups excluding carboxylic acids is 2. The first kappa shape index (κ1) is 13.5. The van der Waals surface area contributed by atoms with Crippen molar-refractivity contribution in [2.75, 3.05) is 19.6 Å². The Hall–Kier alpha value is -1.89. The van der Waals surface area contributed by atoms with Crippen LogP contribution in [0, 0.1) is 0 Å². The Morgan fingerprint density at radius 3 is 2.47 bits per heavy atom. The number of aromatic carboxylic acids is 1. The van der Waals surface area contributed by atoms with Crippen molar-refractivity contribution >= 4 is 29.1 Å². The Morgan fingerprint density at radius 1 is 1.26 bits per heavy atom. The third-order valence-corrected chi connectivity index (χ3v) is 4.02. The molecule has 1 aromatic heterocycles. The van der Waals surface area contributed by atoms with Gasteiger partial charge in [0, 0.05) is 11.4 Å². The highest BCUT2D eigenvalue weighted by molar-refractivity contribution is 7.13. The summed E-state index contributed by atoms with van der Waals surface area (Å²) in [5, 5.41) is 8.83. The number of rotatable bonds is 4. The minimum atomic E-state index is -0.977. The summed E-state index contributed by atoms with van der Waals surface area (Å²) in [7, 11) is 0. The fourth-order valence-corrected chi connectivity index (χ4v) is 2.76. The molecule has 1 N–H and O–H groups in total. The van der Waals surface area contributed by atoms with E-state index in [1.165, 1.54) is 15.9 Å². The highest BCUT2D eigenvalue weighted by atomic mass is 32.1. The van der Waals surface area contributed by atoms with Crippen LogP contribution in [0.2, 0.25) is 0 Å². The summed E-state index contributed by atoms with van der Waals surface area (Å²) in [5.41, 5.74) is 0. The average Bonchev–Trinajstić information content (AvgIpc) is 2.82. The molecule has 1 aliphatic rings. The van der Waals surface area contributed by atoms with E-state index in [9.17, 15) is 14.4 Å². The molecule has 0 radical (unpaired) electrons. The summed E-state index contributed by atoms with van der Waals surface area (Å²) < 4.78 is 0. The maximum absolute atomic E-state index is 11.9. The van der Waals surface area contributed by atoms with Crippen LogP contribution in [0.1, 0.15) is 21.5 Å². The lowest BCUT2D eigenvalue weighted by molar-refractivity contribution is -0.150. The highest BCUT2D eigenvalue weighted by Gasteiger charge is 2.29. The van der Waals surface area contributed by atoms with Crippen LogP contribution < -0.4 is 0 Å². The predicted molar refractivity (Wildman–Crippen MR) is 68.9 cm³/mol. The van der Waals surface area contributed by atoms with E-state index >= 15 is 0 Å². The number of carbonyl (C=O) groups is 3. The SMILES string of the molecule is CCN1CC(=O)N(Cc2ccc(C(=O)O)s2)CC1=O. The first-order valence-electron chi connectivity index (χ1n) is 5.88. The molecule has 2 amide bonds. The number of nitrogens with zero attached hydrogens (tertiary/aromatic N) is 2. The molecular formula is C12H14N2O4S. The van der Waals surface area contributed by atoms with Crippen molar-refractivity contribution < 1.29 is 19.5 Å². The van der Waals surface area contributed by atoms with Crippen LogP contribution in [0.4, 0.5) is 0 Å². The van der Waals surface area contributed by atoms with E-state index in [0.717, 1.165) is 16.2 Å². The molecule has 1 saturated heterocycles. The number of carboxylic acid groups (broad SMARTS) is 1. The van der Waals surface area contributed by atoms with Crippen molar-refractivity contribution in [3.05, 3.63) is 21.9 Å². The van der Waals surface area contributed by atoms with Gasteiger partial charge in [-0.3, -0.25) is 9.59 Å². The Bertz CT molecular complexity index is 526. The van der Waals surface area contributed by atoms with Crippen molar-refractivity contribution in [1.29, 1.82) is 0 Å². The lowest BCUT2D eigenvalue weighted by atomic mass is 10.3. The normalized spacial score (nSPS) is 16.1. The van der Waals surface area contributed by atoms with Gasteiger partial charge in [0.15, 0.2) is 0 Å². The van der Waals surface area contributed by atoms with Crippen molar-refractivity contribution in [3.8, 4) is 0 Å². The summed E-state index contributed by atoms with van der Waals surface area (Å²) >= 11 is 1.13. The monoisotopic (exact) mass is 282 g/mol. The molecule has 1 fully saturated rings. The Labute approximate surface area is 114 Å². The molecular weight excluding hydrogens is 268 g/mol. The van der Waals surface area contributed by atoms with E-state index in [1.54, 1.807) is 6.07 Å². The van der Waals surface area contributed by atoms with Gasteiger partial charge in [-0.25, -0.2) is 4.79 Å². The summed E-state index contributed by atoms with van der Waals surface area (Å²) in [6.07, 6.45) is 0. The number of piperazine rings is 1. The lowest BCUT2D eigenvalue weighted by Gasteiger charge is -2.32. The van der Waals surface area contributed by atoms with Crippen molar-refractivity contribution in [3.63, 3.8) is 0 Å². The number of thiophene rings is 1. The largest absolute Gasteiger partial charge is 0.477 e. The second-order valence-electron chi connectivity index (χ2n) is 4.23. The van der Waals surface area contributed by atoms with Gasteiger partial charge < -0.3 is 14.9 Å². The molecule has 102 valence electrons. The second-order valence-corrected chi connectivity index (χ2v) is 5.40. The van der Waals surface area contributed by atoms with Crippen LogP contribution in [0.15, 0.2) is 12.1 Å². The van der Waals surface area contributed by atoms with Crippen LogP contribution in [0.3, 0.4) is 0 Å². The first-order valence-corrected chi connectivity index (χ1v) is 6.70. The maximum atomic E-state index is 11.9. The molecule has 0 unspecified atom stereocenters. The molecule has 0 saturated carbocycles. The zero-order valence-corrected chi connectivity index (χ0v) is 11.3. The van der Waals surface area contributed by atoms with Gasteiger partial charge in [0.2, 0.25) is 11.8 Å². The molecule has 2 heterocycles. The number of amides is 2. The zero-order valence-electron chi connectivity index (χ0n) is 10.5. The summed E-state index contributed by atoms with van der Waals surface area (Å²) in [6.45, 7) is 2.82. The van der Waals surface area contributed by atoms with Crippen molar-refractivity contribution in [2.24, 2.45) is 0 Å². The van der Waals surface area contributed by atoms with E-state index in [4.69, 9.17) is 5.11 Å². The summed E-state index contributed by atoms with van der Waals surface area (Å²) in [4.78, 5) is 38.4. The molecule has 7 heteroatoms. The number of hydrogen-bond donors (Lipinski definition) is 1. The number of hydrogen-bond acceptors (Lipinski definition) is 4. The molecule has 0 bridgehead atoms. The minimum Gasteiger partial charge on any atom is -0.477 e. The van der Waals surface area contributed by atoms with Gasteiger partial charge in [-0.05, 0) is 19.1 Å². The van der Waals surface area contributed by atoms with Gasteiger partial charge in [0.25, 0.3) is 0 Å². The molecule has 0 spiro atoms. The second kappa shape index (κ2) is 5.40. The average molecular weight is 282 g/mol. The predicted octanol–water partition coefficient (Wildman–Crippen LogP) is 0.637. The standard InChI is InChI=1S/C12H14N2O4S/c1-2-13-6-11(16)14(7-10(13)15)5-8-3-4-9(19-8)12(17)18/h3-4H,2,5-7H2,1H3,(H,17,18). The van der Waals surface area contributed by atoms with Gasteiger partial charge >= 0.3 is 5.97 Å². The van der Waals surface area contributed by atoms with E-state index < -0.39 is 5.97 Å². The van der Waals surface area contributed by atoms with Gasteiger partial charge in [0.1, 0.15) is 11.4 Å². The van der Waals surface area contributed by atoms with Crippen LogP contribution in [-0.2, 0) is 16.1 Å². The molecule has 6 nitrogen and oxygen atoms in total. The quantitative estimate of drug-likeness (QED) is 0.879. The van der Waals surface area contributed by atoms with Crippen molar-refractivity contribution in [2.45, 2.75) is 13.5 Å². The van der Waals surface area contributed by atoms with Gasteiger partial charge in [-0.1, -0.05) is 0 Å². The summed E-state index contributed by atoms with van der Waals surface area (Å²) in [5.74, 6) is -1.15. The third-order valence-electron chi connectivity index (χ3n) is 2.96. The number of likely N-dealkylation sites (N-methyl/N-ethyl adjacent to an activating group) is 1. The number of carboxylic acids is 1. The Morgan fingerprint density at radius 2 is 1.89 bits per heavy atom. The molecule has 0 aliphatic carbocycles. The van der Waals surface area contributed by atoms with E-state index in [0.29, 0.717) is 13.1 Å². The van der Waals surface area contributed by atoms with Crippen LogP contribution >= 0.6 is 11.3 Å². The fraction of sp³-hybridized carbons (Fsp3) is 0.417. The molecule has 19 heavy (non-hydrogen) atoms. The highest BCUT2D eigenvalue weighted by Crippen LogP contribution is 2.19. The van der Waals surface area contributed by atoms with E-state index in [1.807, 2.05) is 6.92 Å². The van der Waals surface area contributed by atoms with Gasteiger partial charge in [-0.2, -0.15) is 0 Å². The van der Waals surface area contributed by atoms with Crippen LogP contribution in [0.5, 0.6) is 0 Å². The molecule has 1 aromatic rings. The fourth-order valence-electron chi connectivity index (χ4n) is 1.90. The molecule has 2 rings (SSSR count). The minimum absolute atomic E-state index is 0.0625. The third kappa shape index (κ3) is 2.93. The van der Waals surface area contributed by atoms with Gasteiger partial charge in [-0.15, -0.1) is 11.3 Å². The lowest BCUT2D eigenvalue weighted by Crippen LogP contribution is -2.53. The Balaban J connectivity index is 2.04. The van der Waals surface area contributed by atoms with Crippen LogP contribution in [0.25, 0.3) is 0 Å². The topological polar surface area (TPSA) is 77.9 Å². The Kier molecular flexibility index (Phi) is 3.84. The van der Waals surface area contributed by atoms with Gasteiger partial charge in [0.05, 0.1) is 13.1 Å². The molecule has 0 atom stereocenters. The van der Waals surface area contributed by atoms with Crippen molar-refractivity contribution in [1.82, 2.24) is 9.80 Å². The summed E-state index contributed by atoms with van der Waals surface area (Å²) in [6, 6.07) is 3.19. The first-order chi connectivity index (χ1) is 9.01. The van der Waals surface area contributed by atoms with E-state index in [2.05, 4.69) is 0 Å². The van der Waals surface area contributed by atoms with Crippen LogP contribution in [-0.4, -0.2) is 52.3 Å². The maximum Gasteiger partial charge on any atom is 0.345 e. The zero-order chi connectivity index (χ0) is 14.0.